The van der Waals surface area contributed by atoms with Gasteiger partial charge < -0.3 is 83.4 Å². The van der Waals surface area contributed by atoms with E-state index in [4.69, 9.17) is 11.5 Å². The molecule has 3 aliphatic heterocycles. The van der Waals surface area contributed by atoms with E-state index in [1.54, 1.807) is 0 Å². The van der Waals surface area contributed by atoms with Crippen molar-refractivity contribution >= 4 is 41.2 Å². The van der Waals surface area contributed by atoms with Crippen molar-refractivity contribution in [3.8, 4) is 5.75 Å². The molecule has 17 N–H and O–H groups in total. The number of fused-ring (bicyclic) bond motifs is 2. The third-order valence-electron chi connectivity index (χ3n) is 15.0. The first-order chi connectivity index (χ1) is 36.1. The Bertz CT molecular complexity index is 2040. The van der Waals surface area contributed by atoms with Gasteiger partial charge in [-0.3, -0.25) is 38.9 Å². The standard InChI is InChI=1S/C52H87N9O15/c1-4-29(2)23-30(3)11-9-7-5-6-8-10-12-42(69)56-35-26-41(68)47(55-21-20-54)59-50(74)44-39(66)18-22-60(44)52(76)43(38(65)17-19-53)58-48(72)34(46(71)45(70)31-13-15-32(63)16-14-31)25-40(67)37-24-33(64)27-61(37)51(75)36(28-62)57-49(35)73/h13-16,29-30,33-39,41,43-47,55,62-66,68,70-71H,4-12,17-28,53-54H2,1-3H3,(H,56,69)(H,57,73)(H,58,72)(H,59,74)/t29-,30+,33+,34-,35-,36-,37-,38+,39-,41+,43-,44-,45-,46-,47?/m0/s1. The Labute approximate surface area is 445 Å². The number of aliphatic hydroxyl groups excluding tert-OH is 7. The van der Waals surface area contributed by atoms with E-state index >= 15 is 0 Å². The number of benzene rings is 1. The number of ketones is 1. The van der Waals surface area contributed by atoms with Gasteiger partial charge in [0.1, 0.15) is 42.2 Å². The number of hydrogen-bond donors (Lipinski definition) is 15. The fraction of sp³-hybridized carbons (Fsp3) is 0.750. The summed E-state index contributed by atoms with van der Waals surface area (Å²) in [6, 6.07) is -3.80. The van der Waals surface area contributed by atoms with Crippen LogP contribution < -0.4 is 38.1 Å². The Kier molecular flexibility index (Phi) is 26.4. The molecule has 430 valence electrons. The van der Waals surface area contributed by atoms with Gasteiger partial charge >= 0.3 is 0 Å². The zero-order valence-electron chi connectivity index (χ0n) is 44.3. The van der Waals surface area contributed by atoms with Gasteiger partial charge in [-0.15, -0.1) is 0 Å². The number of nitrogens with zero attached hydrogens (tertiary/aromatic N) is 2. The maximum Gasteiger partial charge on any atom is 0.248 e. The summed E-state index contributed by atoms with van der Waals surface area (Å²) in [7, 11) is 0. The van der Waals surface area contributed by atoms with Gasteiger partial charge in [-0.05, 0) is 61.8 Å². The molecule has 1 aromatic carbocycles. The largest absolute Gasteiger partial charge is 0.508 e. The molecule has 0 aliphatic carbocycles. The Balaban J connectivity index is 1.71. The van der Waals surface area contributed by atoms with Crippen LogP contribution in [-0.2, 0) is 33.6 Å². The summed E-state index contributed by atoms with van der Waals surface area (Å²) in [6.07, 6.45) is -5.73. The van der Waals surface area contributed by atoms with E-state index in [2.05, 4.69) is 47.4 Å². The van der Waals surface area contributed by atoms with Gasteiger partial charge in [0, 0.05) is 51.9 Å². The van der Waals surface area contributed by atoms with Crippen LogP contribution in [0, 0.1) is 17.8 Å². The Morgan fingerprint density at radius 1 is 0.789 bits per heavy atom. The van der Waals surface area contributed by atoms with E-state index in [1.165, 1.54) is 30.7 Å². The first-order valence-electron chi connectivity index (χ1n) is 27.1. The Hall–Kier alpha value is -4.89. The molecule has 24 nitrogen and oxygen atoms in total. The van der Waals surface area contributed by atoms with E-state index in [-0.39, 0.29) is 56.8 Å². The lowest BCUT2D eigenvalue weighted by atomic mass is 9.86. The Morgan fingerprint density at radius 3 is 2.11 bits per heavy atom. The number of amides is 6. The second-order valence-corrected chi connectivity index (χ2v) is 21.1. The molecular weight excluding hydrogens is 991 g/mol. The van der Waals surface area contributed by atoms with Crippen molar-refractivity contribution in [1.82, 2.24) is 36.4 Å². The van der Waals surface area contributed by atoms with Gasteiger partial charge in [0.2, 0.25) is 35.4 Å². The summed E-state index contributed by atoms with van der Waals surface area (Å²) in [4.78, 5) is 102. The molecule has 1 unspecified atom stereocenters. The van der Waals surface area contributed by atoms with E-state index in [1.807, 2.05) is 0 Å². The molecule has 1 aromatic rings. The van der Waals surface area contributed by atoms with Crippen LogP contribution in [0.3, 0.4) is 0 Å². The number of rotatable bonds is 23. The van der Waals surface area contributed by atoms with E-state index in [0.717, 1.165) is 54.7 Å². The molecule has 3 heterocycles. The number of unbranched alkanes of at least 4 members (excludes halogenated alkanes) is 5. The highest BCUT2D eigenvalue weighted by atomic mass is 16.3. The van der Waals surface area contributed by atoms with Crippen molar-refractivity contribution in [3.05, 3.63) is 29.8 Å². The molecule has 24 heteroatoms. The molecule has 3 saturated heterocycles. The number of carbonyl (C=O) groups is 7. The molecular formula is C52H87N9O15. The third kappa shape index (κ3) is 18.4. The predicted octanol–water partition coefficient (Wildman–Crippen LogP) is -2.61. The highest BCUT2D eigenvalue weighted by Gasteiger charge is 2.48. The van der Waals surface area contributed by atoms with Crippen molar-refractivity contribution in [1.29, 1.82) is 0 Å². The summed E-state index contributed by atoms with van der Waals surface area (Å²) in [5, 5.41) is 102. The maximum atomic E-state index is 14.6. The topological polar surface area (TPSA) is 400 Å². The van der Waals surface area contributed by atoms with Gasteiger partial charge in [0.05, 0.1) is 49.1 Å². The van der Waals surface area contributed by atoms with Gasteiger partial charge in [0.25, 0.3) is 0 Å². The SMILES string of the molecule is CC[C@H](C)C[C@H](C)CCCCCCCCC(=O)N[C@H]1C[C@@H](O)C(NCCN)NC(=O)[C@@H]2[C@@H](O)CCN2C(=O)[C@H]([C@H](O)CCN)NC(=O)[C@H]([C@H](O)[C@@H](O)c2ccc(O)cc2)CC(=O)[C@@H]2C[C@@H](O)CN2C(=O)[C@H](CO)NC1=O. The molecule has 0 spiro atoms. The van der Waals surface area contributed by atoms with Gasteiger partial charge in [-0.2, -0.15) is 0 Å². The van der Waals surface area contributed by atoms with Gasteiger partial charge in [0.15, 0.2) is 5.78 Å². The number of hydrogen-bond acceptors (Lipinski definition) is 18. The normalized spacial score (nSPS) is 28.5. The van der Waals surface area contributed by atoms with Crippen molar-refractivity contribution in [2.24, 2.45) is 29.2 Å². The maximum absolute atomic E-state index is 14.6. The molecule has 3 aliphatic rings. The van der Waals surface area contributed by atoms with Crippen molar-refractivity contribution in [2.45, 2.75) is 190 Å². The predicted molar refractivity (Wildman–Crippen MR) is 277 cm³/mol. The second-order valence-electron chi connectivity index (χ2n) is 21.1. The minimum absolute atomic E-state index is 0.0152. The average Bonchev–Trinajstić information content (AvgIpc) is 3.99. The molecule has 3 fully saturated rings. The smallest absolute Gasteiger partial charge is 0.248 e. The number of carbonyl (C=O) groups excluding carboxylic acids is 7. The quantitative estimate of drug-likeness (QED) is 0.0499. The first kappa shape index (κ1) is 63.6. The number of phenolic OH excluding ortho intramolecular Hbond substituents is 1. The van der Waals surface area contributed by atoms with Crippen LogP contribution in [-0.4, -0.2) is 198 Å². The average molecular weight is 1080 g/mol. The molecule has 6 amide bonds. The molecule has 76 heavy (non-hydrogen) atoms. The first-order valence-corrected chi connectivity index (χ1v) is 27.1. The number of Topliss-reactive ketones (excluding diaryl/α,β-unsaturated/α-hetero) is 1. The highest BCUT2D eigenvalue weighted by Crippen LogP contribution is 2.30. The summed E-state index contributed by atoms with van der Waals surface area (Å²) in [5.41, 5.74) is 11.5. The van der Waals surface area contributed by atoms with Crippen LogP contribution in [0.1, 0.15) is 129 Å². The lowest BCUT2D eigenvalue weighted by Gasteiger charge is -2.34. The molecule has 0 saturated carbocycles. The van der Waals surface area contributed by atoms with E-state index in [9.17, 15) is 74.4 Å². The lowest BCUT2D eigenvalue weighted by molar-refractivity contribution is -0.149. The van der Waals surface area contributed by atoms with E-state index < -0.39 is 153 Å². The summed E-state index contributed by atoms with van der Waals surface area (Å²) >= 11 is 0. The van der Waals surface area contributed by atoms with Crippen molar-refractivity contribution < 1.29 is 74.4 Å². The van der Waals surface area contributed by atoms with Crippen LogP contribution in [0.2, 0.25) is 0 Å². The number of nitrogens with one attached hydrogen (secondary N) is 5. The van der Waals surface area contributed by atoms with Crippen molar-refractivity contribution in [2.75, 3.05) is 39.3 Å². The third-order valence-corrected chi connectivity index (χ3v) is 15.0. The van der Waals surface area contributed by atoms with Crippen LogP contribution in [0.15, 0.2) is 24.3 Å². The lowest BCUT2D eigenvalue weighted by Crippen LogP contribution is -2.63. The fourth-order valence-corrected chi connectivity index (χ4v) is 10.4. The Morgan fingerprint density at radius 2 is 1.46 bits per heavy atom. The summed E-state index contributed by atoms with van der Waals surface area (Å²) in [6.45, 7) is 4.62. The second kappa shape index (κ2) is 31.5. The molecule has 15 atom stereocenters. The number of aromatic hydroxyl groups is 1. The van der Waals surface area contributed by atoms with E-state index in [0.29, 0.717) is 18.3 Å². The summed E-state index contributed by atoms with van der Waals surface area (Å²) < 4.78 is 0. The van der Waals surface area contributed by atoms with Crippen LogP contribution in [0.25, 0.3) is 0 Å². The highest BCUT2D eigenvalue weighted by molar-refractivity contribution is 5.98. The number of phenols is 1. The van der Waals surface area contributed by atoms with Crippen LogP contribution in [0.5, 0.6) is 5.75 Å². The minimum Gasteiger partial charge on any atom is -0.508 e. The monoisotopic (exact) mass is 1080 g/mol. The number of aliphatic hydroxyl groups is 7. The molecule has 0 bridgehead atoms. The molecule has 0 aromatic heterocycles. The van der Waals surface area contributed by atoms with Crippen LogP contribution in [0.4, 0.5) is 0 Å². The summed E-state index contributed by atoms with van der Waals surface area (Å²) in [5.74, 6) is -7.91. The fourth-order valence-electron chi connectivity index (χ4n) is 10.4. The van der Waals surface area contributed by atoms with Gasteiger partial charge in [-0.25, -0.2) is 0 Å². The zero-order chi connectivity index (χ0) is 56.2. The minimum atomic E-state index is -2.16. The number of nitrogens with two attached hydrogens (primary N) is 2. The van der Waals surface area contributed by atoms with Crippen molar-refractivity contribution in [3.63, 3.8) is 0 Å². The zero-order valence-corrected chi connectivity index (χ0v) is 44.3. The molecule has 4 rings (SSSR count). The molecule has 0 radical (unpaired) electrons. The van der Waals surface area contributed by atoms with Crippen LogP contribution >= 0.6 is 0 Å². The van der Waals surface area contributed by atoms with Gasteiger partial charge in [-0.1, -0.05) is 77.8 Å².